The first-order chi connectivity index (χ1) is 9.24. The number of aryl methyl sites for hydroxylation is 1. The van der Waals surface area contributed by atoms with Crippen LogP contribution in [0.5, 0.6) is 0 Å². The Hall–Kier alpha value is -2.20. The van der Waals surface area contributed by atoms with E-state index in [-0.39, 0.29) is 0 Å². The fraction of sp³-hybridized carbons (Fsp3) is 0.0667. The average molecular weight is 267 g/mol. The molecule has 1 aromatic carbocycles. The van der Waals surface area contributed by atoms with E-state index in [0.29, 0.717) is 0 Å². The van der Waals surface area contributed by atoms with Crippen LogP contribution in [0, 0.1) is 6.92 Å². The number of thiophene rings is 1. The van der Waals surface area contributed by atoms with Gasteiger partial charge in [-0.25, -0.2) is 9.97 Å². The first-order valence-corrected chi connectivity index (χ1v) is 6.77. The molecule has 0 atom stereocenters. The minimum atomic E-state index is 0.787. The molecule has 0 bridgehead atoms. The van der Waals surface area contributed by atoms with Crippen molar-refractivity contribution >= 4 is 17.0 Å². The van der Waals surface area contributed by atoms with Crippen LogP contribution in [-0.4, -0.2) is 9.97 Å². The highest BCUT2D eigenvalue weighted by atomic mass is 32.1. The Morgan fingerprint density at radius 2 is 1.68 bits per heavy atom. The number of aromatic nitrogens is 2. The molecule has 2 aromatic heterocycles. The number of nitrogens with two attached hydrogens (primary N) is 1. The molecule has 0 amide bonds. The summed E-state index contributed by atoms with van der Waals surface area (Å²) < 4.78 is 0. The lowest BCUT2D eigenvalue weighted by Crippen LogP contribution is -1.83. The lowest BCUT2D eigenvalue weighted by molar-refractivity contribution is 1.17. The monoisotopic (exact) mass is 267 g/mol. The highest BCUT2D eigenvalue weighted by Crippen LogP contribution is 2.37. The van der Waals surface area contributed by atoms with Gasteiger partial charge in [0.15, 0.2) is 0 Å². The average Bonchev–Trinajstić information content (AvgIpc) is 2.83. The van der Waals surface area contributed by atoms with Crippen molar-refractivity contribution in [3.63, 3.8) is 0 Å². The van der Waals surface area contributed by atoms with E-state index < -0.39 is 0 Å². The first kappa shape index (κ1) is 11.9. The Kier molecular flexibility index (Phi) is 3.01. The van der Waals surface area contributed by atoms with Gasteiger partial charge in [0.05, 0.1) is 0 Å². The van der Waals surface area contributed by atoms with Gasteiger partial charge in [-0.05, 0) is 36.2 Å². The summed E-state index contributed by atoms with van der Waals surface area (Å²) in [4.78, 5) is 10.6. The van der Waals surface area contributed by atoms with Gasteiger partial charge >= 0.3 is 0 Å². The van der Waals surface area contributed by atoms with Gasteiger partial charge in [0.2, 0.25) is 0 Å². The molecule has 0 aliphatic carbocycles. The third kappa shape index (κ3) is 2.35. The summed E-state index contributed by atoms with van der Waals surface area (Å²) in [7, 11) is 0. The third-order valence-corrected chi connectivity index (χ3v) is 4.27. The van der Waals surface area contributed by atoms with Crippen LogP contribution < -0.4 is 5.73 Å². The van der Waals surface area contributed by atoms with Crippen molar-refractivity contribution in [2.24, 2.45) is 0 Å². The van der Waals surface area contributed by atoms with Gasteiger partial charge < -0.3 is 5.73 Å². The predicted octanol–water partition coefficient (Wildman–Crippen LogP) is 3.76. The molecule has 0 radical (unpaired) electrons. The number of rotatable bonds is 2. The summed E-state index contributed by atoms with van der Waals surface area (Å²) >= 11 is 1.75. The van der Waals surface area contributed by atoms with Crippen LogP contribution in [0.2, 0.25) is 0 Å². The molecule has 3 rings (SSSR count). The number of nitrogen functional groups attached to an aromatic ring is 1. The van der Waals surface area contributed by atoms with E-state index >= 15 is 0 Å². The summed E-state index contributed by atoms with van der Waals surface area (Å²) in [6, 6.07) is 10.1. The van der Waals surface area contributed by atoms with Crippen molar-refractivity contribution in [3.8, 4) is 20.9 Å². The van der Waals surface area contributed by atoms with E-state index in [1.54, 1.807) is 17.7 Å². The van der Waals surface area contributed by atoms with Crippen LogP contribution >= 0.6 is 11.3 Å². The Morgan fingerprint density at radius 3 is 2.37 bits per heavy atom. The largest absolute Gasteiger partial charge is 0.399 e. The molecular formula is C15H13N3S. The second-order valence-electron chi connectivity index (χ2n) is 4.37. The van der Waals surface area contributed by atoms with E-state index in [9.17, 15) is 0 Å². The molecule has 0 aliphatic heterocycles. The quantitative estimate of drug-likeness (QED) is 0.719. The van der Waals surface area contributed by atoms with Gasteiger partial charge in [0.25, 0.3) is 0 Å². The zero-order chi connectivity index (χ0) is 13.2. The summed E-state index contributed by atoms with van der Waals surface area (Å²) in [5.74, 6) is 0. The Bertz CT molecular complexity index is 687. The normalized spacial score (nSPS) is 10.6. The van der Waals surface area contributed by atoms with Gasteiger partial charge in [-0.2, -0.15) is 0 Å². The van der Waals surface area contributed by atoms with Crippen LogP contribution in [0.1, 0.15) is 5.56 Å². The number of hydrogen-bond acceptors (Lipinski definition) is 4. The summed E-state index contributed by atoms with van der Waals surface area (Å²) in [6.07, 6.45) is 5.22. The second-order valence-corrected chi connectivity index (χ2v) is 5.42. The molecule has 0 saturated carbocycles. The maximum Gasteiger partial charge on any atom is 0.115 e. The SMILES string of the molecule is Cc1cc(-c2cncnc2)sc1-c1ccc(N)cc1. The van der Waals surface area contributed by atoms with Crippen LogP contribution in [0.15, 0.2) is 49.1 Å². The number of nitrogens with zero attached hydrogens (tertiary/aromatic N) is 2. The van der Waals surface area contributed by atoms with Crippen molar-refractivity contribution in [1.29, 1.82) is 0 Å². The van der Waals surface area contributed by atoms with Gasteiger partial charge in [0.1, 0.15) is 6.33 Å². The number of hydrogen-bond donors (Lipinski definition) is 1. The van der Waals surface area contributed by atoms with Crippen molar-refractivity contribution in [1.82, 2.24) is 9.97 Å². The Balaban J connectivity index is 2.05. The fourth-order valence-corrected chi connectivity index (χ4v) is 3.12. The lowest BCUT2D eigenvalue weighted by atomic mass is 10.1. The molecule has 0 unspecified atom stereocenters. The maximum absolute atomic E-state index is 5.73. The molecule has 0 saturated heterocycles. The molecule has 3 aromatic rings. The summed E-state index contributed by atoms with van der Waals surface area (Å²) in [6.45, 7) is 2.12. The minimum absolute atomic E-state index is 0.787. The van der Waals surface area contributed by atoms with Gasteiger partial charge in [0, 0.05) is 33.4 Å². The van der Waals surface area contributed by atoms with Crippen molar-refractivity contribution in [2.75, 3.05) is 5.73 Å². The molecule has 2 N–H and O–H groups in total. The molecule has 0 fully saturated rings. The van der Waals surface area contributed by atoms with Crippen LogP contribution in [0.25, 0.3) is 20.9 Å². The van der Waals surface area contributed by atoms with E-state index in [1.165, 1.54) is 20.9 Å². The van der Waals surface area contributed by atoms with Gasteiger partial charge in [-0.1, -0.05) is 12.1 Å². The van der Waals surface area contributed by atoms with E-state index in [4.69, 9.17) is 5.73 Å². The minimum Gasteiger partial charge on any atom is -0.399 e. The lowest BCUT2D eigenvalue weighted by Gasteiger charge is -2.00. The molecule has 19 heavy (non-hydrogen) atoms. The van der Waals surface area contributed by atoms with Crippen LogP contribution in [-0.2, 0) is 0 Å². The Morgan fingerprint density at radius 1 is 1.00 bits per heavy atom. The summed E-state index contributed by atoms with van der Waals surface area (Å²) in [5.41, 5.74) is 10.0. The predicted molar refractivity (Wildman–Crippen MR) is 79.9 cm³/mol. The zero-order valence-corrected chi connectivity index (χ0v) is 11.3. The summed E-state index contributed by atoms with van der Waals surface area (Å²) in [5, 5.41) is 0. The molecule has 0 spiro atoms. The maximum atomic E-state index is 5.73. The second kappa shape index (κ2) is 4.82. The van der Waals surface area contributed by atoms with Crippen LogP contribution in [0.3, 0.4) is 0 Å². The topological polar surface area (TPSA) is 51.8 Å². The Labute approximate surface area is 115 Å². The highest BCUT2D eigenvalue weighted by Gasteiger charge is 2.09. The van der Waals surface area contributed by atoms with Crippen molar-refractivity contribution < 1.29 is 0 Å². The van der Waals surface area contributed by atoms with Crippen LogP contribution in [0.4, 0.5) is 5.69 Å². The molecule has 94 valence electrons. The van der Waals surface area contributed by atoms with Gasteiger partial charge in [-0.15, -0.1) is 11.3 Å². The molecule has 0 aliphatic rings. The van der Waals surface area contributed by atoms with E-state index in [0.717, 1.165) is 11.3 Å². The number of anilines is 1. The standard InChI is InChI=1S/C15H13N3S/c1-10-6-14(12-7-17-9-18-8-12)19-15(10)11-2-4-13(16)5-3-11/h2-9H,16H2,1H3. The van der Waals surface area contributed by atoms with Crippen molar-refractivity contribution in [3.05, 3.63) is 54.6 Å². The highest BCUT2D eigenvalue weighted by molar-refractivity contribution is 7.19. The molecule has 4 heteroatoms. The number of benzene rings is 1. The molecule has 3 nitrogen and oxygen atoms in total. The molecular weight excluding hydrogens is 254 g/mol. The zero-order valence-electron chi connectivity index (χ0n) is 10.5. The smallest absolute Gasteiger partial charge is 0.115 e. The first-order valence-electron chi connectivity index (χ1n) is 5.96. The van der Waals surface area contributed by atoms with E-state index in [1.807, 2.05) is 24.5 Å². The van der Waals surface area contributed by atoms with Crippen molar-refractivity contribution in [2.45, 2.75) is 6.92 Å². The third-order valence-electron chi connectivity index (χ3n) is 2.94. The fourth-order valence-electron chi connectivity index (χ4n) is 1.97. The molecule has 2 heterocycles. The van der Waals surface area contributed by atoms with E-state index in [2.05, 4.69) is 35.1 Å². The van der Waals surface area contributed by atoms with Gasteiger partial charge in [-0.3, -0.25) is 0 Å².